The van der Waals surface area contributed by atoms with Crippen molar-refractivity contribution in [1.29, 1.82) is 0 Å². The third-order valence-corrected chi connectivity index (χ3v) is 7.91. The molecule has 3 aliphatic rings. The molecule has 3 saturated heterocycles. The lowest BCUT2D eigenvalue weighted by molar-refractivity contribution is -0.0293. The Bertz CT molecular complexity index is 526. The number of nitrogens with zero attached hydrogens (tertiary/aromatic N) is 3. The molecule has 1 atom stereocenters. The molecule has 0 bridgehead atoms. The molecule has 25 heavy (non-hydrogen) atoms. The predicted molar refractivity (Wildman–Crippen MR) is 96.5 cm³/mol. The van der Waals surface area contributed by atoms with E-state index in [-0.39, 0.29) is 5.92 Å². The maximum absolute atomic E-state index is 13.0. The van der Waals surface area contributed by atoms with Gasteiger partial charge in [0.1, 0.15) is 0 Å². The lowest BCUT2D eigenvalue weighted by Crippen LogP contribution is -2.55. The summed E-state index contributed by atoms with van der Waals surface area (Å²) in [5.74, 6) is 0.283. The SMILES string of the molecule is COCC1CCCN(S(=O)(=O)N2CCC(O)(CN3CCCC3)CC2)C1. The lowest BCUT2D eigenvalue weighted by Gasteiger charge is -2.42. The highest BCUT2D eigenvalue weighted by atomic mass is 32.2. The van der Waals surface area contributed by atoms with Crippen LogP contribution in [0.4, 0.5) is 0 Å². The van der Waals surface area contributed by atoms with Crippen molar-refractivity contribution < 1.29 is 18.3 Å². The van der Waals surface area contributed by atoms with Gasteiger partial charge < -0.3 is 14.7 Å². The Morgan fingerprint density at radius 3 is 2.36 bits per heavy atom. The molecule has 3 aliphatic heterocycles. The first-order valence-electron chi connectivity index (χ1n) is 9.62. The Kier molecular flexibility index (Phi) is 6.39. The van der Waals surface area contributed by atoms with Gasteiger partial charge in [0, 0.05) is 39.8 Å². The van der Waals surface area contributed by atoms with Gasteiger partial charge in [-0.3, -0.25) is 0 Å². The number of rotatable bonds is 6. The molecule has 1 unspecified atom stereocenters. The van der Waals surface area contributed by atoms with Crippen LogP contribution in [0, 0.1) is 5.92 Å². The summed E-state index contributed by atoms with van der Waals surface area (Å²) in [5, 5.41) is 10.8. The summed E-state index contributed by atoms with van der Waals surface area (Å²) < 4.78 is 34.3. The number of β-amino-alcohol motifs (C(OH)–C–C–N with tert-alkyl or cyclic N) is 1. The number of methoxy groups -OCH3 is 1. The number of aliphatic hydroxyl groups is 1. The minimum atomic E-state index is -3.43. The van der Waals surface area contributed by atoms with Crippen LogP contribution in [0.25, 0.3) is 0 Å². The molecule has 0 aromatic rings. The van der Waals surface area contributed by atoms with Crippen LogP contribution in [0.1, 0.15) is 38.5 Å². The minimum Gasteiger partial charge on any atom is -0.388 e. The van der Waals surface area contributed by atoms with Gasteiger partial charge in [0.15, 0.2) is 0 Å². The van der Waals surface area contributed by atoms with E-state index in [1.165, 1.54) is 12.8 Å². The van der Waals surface area contributed by atoms with Gasteiger partial charge in [-0.15, -0.1) is 0 Å². The van der Waals surface area contributed by atoms with Crippen molar-refractivity contribution in [2.24, 2.45) is 5.92 Å². The number of hydrogen-bond donors (Lipinski definition) is 1. The first-order chi connectivity index (χ1) is 11.9. The highest BCUT2D eigenvalue weighted by Gasteiger charge is 2.40. The third-order valence-electron chi connectivity index (χ3n) is 5.91. The van der Waals surface area contributed by atoms with E-state index in [9.17, 15) is 13.5 Å². The second-order valence-corrected chi connectivity index (χ2v) is 9.86. The standard InChI is InChI=1S/C17H33N3O4S/c1-24-14-16-5-4-10-20(13-16)25(22,23)19-11-6-17(21,7-12-19)15-18-8-2-3-9-18/h16,21H,2-15H2,1H3. The normalized spacial score (nSPS) is 29.9. The first kappa shape index (κ1) is 19.5. The van der Waals surface area contributed by atoms with Gasteiger partial charge in [-0.05, 0) is 57.5 Å². The molecular formula is C17H33N3O4S. The topological polar surface area (TPSA) is 73.3 Å². The van der Waals surface area contributed by atoms with Crippen LogP contribution in [-0.4, -0.2) is 92.2 Å². The van der Waals surface area contributed by atoms with E-state index in [0.717, 1.165) is 25.9 Å². The Morgan fingerprint density at radius 2 is 1.72 bits per heavy atom. The smallest absolute Gasteiger partial charge is 0.281 e. The average molecular weight is 376 g/mol. The zero-order chi connectivity index (χ0) is 17.9. The summed E-state index contributed by atoms with van der Waals surface area (Å²) in [6, 6.07) is 0. The van der Waals surface area contributed by atoms with Crippen LogP contribution < -0.4 is 0 Å². The molecule has 0 saturated carbocycles. The van der Waals surface area contributed by atoms with Crippen molar-refractivity contribution in [3.05, 3.63) is 0 Å². The largest absolute Gasteiger partial charge is 0.388 e. The Balaban J connectivity index is 1.55. The molecule has 3 rings (SSSR count). The monoisotopic (exact) mass is 375 g/mol. The van der Waals surface area contributed by atoms with Gasteiger partial charge in [0.2, 0.25) is 0 Å². The highest BCUT2D eigenvalue weighted by Crippen LogP contribution is 2.29. The van der Waals surface area contributed by atoms with Crippen LogP contribution >= 0.6 is 0 Å². The fourth-order valence-corrected chi connectivity index (χ4v) is 6.15. The molecule has 1 N–H and O–H groups in total. The van der Waals surface area contributed by atoms with Crippen molar-refractivity contribution in [2.75, 3.05) is 59.5 Å². The first-order valence-corrected chi connectivity index (χ1v) is 11.0. The van der Waals surface area contributed by atoms with E-state index in [2.05, 4.69) is 4.90 Å². The Morgan fingerprint density at radius 1 is 1.04 bits per heavy atom. The molecule has 3 fully saturated rings. The van der Waals surface area contributed by atoms with E-state index >= 15 is 0 Å². The molecule has 0 radical (unpaired) electrons. The maximum Gasteiger partial charge on any atom is 0.281 e. The summed E-state index contributed by atoms with van der Waals surface area (Å²) in [5.41, 5.74) is -0.739. The van der Waals surface area contributed by atoms with Crippen LogP contribution in [-0.2, 0) is 14.9 Å². The summed E-state index contributed by atoms with van der Waals surface area (Å²) in [6.45, 7) is 5.37. The molecule has 7 nitrogen and oxygen atoms in total. The lowest BCUT2D eigenvalue weighted by atomic mass is 9.92. The average Bonchev–Trinajstić information content (AvgIpc) is 3.08. The van der Waals surface area contributed by atoms with Crippen molar-refractivity contribution in [1.82, 2.24) is 13.5 Å². The number of hydrogen-bond acceptors (Lipinski definition) is 5. The Labute approximate surface area is 152 Å². The molecule has 0 amide bonds. The van der Waals surface area contributed by atoms with Crippen LogP contribution in [0.5, 0.6) is 0 Å². The maximum atomic E-state index is 13.0. The molecule has 0 aliphatic carbocycles. The van der Waals surface area contributed by atoms with Crippen molar-refractivity contribution in [2.45, 2.75) is 44.1 Å². The quantitative estimate of drug-likeness (QED) is 0.732. The van der Waals surface area contributed by atoms with Crippen LogP contribution in [0.2, 0.25) is 0 Å². The molecule has 0 spiro atoms. The van der Waals surface area contributed by atoms with Gasteiger partial charge in [-0.1, -0.05) is 0 Å². The predicted octanol–water partition coefficient (Wildman–Crippen LogP) is 0.512. The minimum absolute atomic E-state index is 0.283. The summed E-state index contributed by atoms with van der Waals surface area (Å²) in [4.78, 5) is 2.31. The molecule has 3 heterocycles. The summed E-state index contributed by atoms with van der Waals surface area (Å²) in [7, 11) is -1.76. The fourth-order valence-electron chi connectivity index (χ4n) is 4.42. The van der Waals surface area contributed by atoms with Gasteiger partial charge in [0.25, 0.3) is 10.2 Å². The summed E-state index contributed by atoms with van der Waals surface area (Å²) >= 11 is 0. The van der Waals surface area contributed by atoms with Crippen molar-refractivity contribution in [3.8, 4) is 0 Å². The van der Waals surface area contributed by atoms with Gasteiger partial charge >= 0.3 is 0 Å². The fraction of sp³-hybridized carbons (Fsp3) is 1.00. The molecule has 146 valence electrons. The zero-order valence-electron chi connectivity index (χ0n) is 15.4. The molecular weight excluding hydrogens is 342 g/mol. The Hall–Kier alpha value is -0.250. The molecule has 8 heteroatoms. The van der Waals surface area contributed by atoms with E-state index in [1.807, 2.05) is 0 Å². The van der Waals surface area contributed by atoms with E-state index in [4.69, 9.17) is 4.74 Å². The second kappa shape index (κ2) is 8.19. The third kappa shape index (κ3) is 4.73. The van der Waals surface area contributed by atoms with Crippen LogP contribution in [0.15, 0.2) is 0 Å². The van der Waals surface area contributed by atoms with Gasteiger partial charge in [-0.2, -0.15) is 17.0 Å². The van der Waals surface area contributed by atoms with Gasteiger partial charge in [0.05, 0.1) is 12.2 Å². The second-order valence-electron chi connectivity index (χ2n) is 7.94. The number of likely N-dealkylation sites (tertiary alicyclic amines) is 1. The number of ether oxygens (including phenoxy) is 1. The molecule has 0 aromatic heterocycles. The van der Waals surface area contributed by atoms with Gasteiger partial charge in [-0.25, -0.2) is 0 Å². The zero-order valence-corrected chi connectivity index (χ0v) is 16.2. The van der Waals surface area contributed by atoms with Crippen molar-refractivity contribution in [3.63, 3.8) is 0 Å². The van der Waals surface area contributed by atoms with E-state index < -0.39 is 15.8 Å². The summed E-state index contributed by atoms with van der Waals surface area (Å²) in [6.07, 6.45) is 5.37. The van der Waals surface area contributed by atoms with E-state index in [1.54, 1.807) is 15.7 Å². The van der Waals surface area contributed by atoms with E-state index in [0.29, 0.717) is 52.2 Å². The number of piperidine rings is 2. The molecule has 0 aromatic carbocycles. The highest BCUT2D eigenvalue weighted by molar-refractivity contribution is 7.86. The van der Waals surface area contributed by atoms with Crippen molar-refractivity contribution >= 4 is 10.2 Å². The van der Waals surface area contributed by atoms with Crippen LogP contribution in [0.3, 0.4) is 0 Å².